The number of likely N-dealkylation sites (N-methyl/N-ethyl adjacent to an activating group) is 1. The van der Waals surface area contributed by atoms with Crippen molar-refractivity contribution < 1.29 is 19.2 Å². The Morgan fingerprint density at radius 1 is 1.32 bits per heavy atom. The topological polar surface area (TPSA) is 98.8 Å². The summed E-state index contributed by atoms with van der Waals surface area (Å²) < 4.78 is 0. The Balaban J connectivity index is 1.75. The summed E-state index contributed by atoms with van der Waals surface area (Å²) in [5.41, 5.74) is 1.83. The molecule has 1 atom stereocenters. The number of amides is 4. The number of rotatable bonds is 4. The van der Waals surface area contributed by atoms with Crippen molar-refractivity contribution in [3.63, 3.8) is 0 Å². The second-order valence-corrected chi connectivity index (χ2v) is 6.56. The number of carbonyl (C=O) groups excluding carboxylic acids is 4. The lowest BCUT2D eigenvalue weighted by Gasteiger charge is -2.29. The van der Waals surface area contributed by atoms with Gasteiger partial charge in [0.2, 0.25) is 17.7 Å². The Bertz CT molecular complexity index is 759. The van der Waals surface area contributed by atoms with E-state index in [0.29, 0.717) is 24.2 Å². The molecule has 8 nitrogen and oxygen atoms in total. The van der Waals surface area contributed by atoms with Crippen LogP contribution in [-0.4, -0.2) is 60.1 Å². The zero-order valence-corrected chi connectivity index (χ0v) is 14.2. The molecule has 1 unspecified atom stereocenters. The number of hydrogen-bond donors (Lipinski definition) is 2. The van der Waals surface area contributed by atoms with E-state index < -0.39 is 11.9 Å². The molecule has 1 aromatic rings. The molecule has 0 radical (unpaired) electrons. The highest BCUT2D eigenvalue weighted by molar-refractivity contribution is 6.06. The smallest absolute Gasteiger partial charge is 0.255 e. The van der Waals surface area contributed by atoms with Crippen molar-refractivity contribution in [1.29, 1.82) is 0 Å². The van der Waals surface area contributed by atoms with Crippen molar-refractivity contribution in [2.45, 2.75) is 25.4 Å². The molecule has 2 N–H and O–H groups in total. The van der Waals surface area contributed by atoms with E-state index in [0.717, 1.165) is 5.56 Å². The van der Waals surface area contributed by atoms with Crippen molar-refractivity contribution in [2.75, 3.05) is 26.0 Å². The molecule has 0 aliphatic carbocycles. The van der Waals surface area contributed by atoms with Crippen LogP contribution in [0.2, 0.25) is 0 Å². The zero-order chi connectivity index (χ0) is 18.1. The molecule has 0 spiro atoms. The van der Waals surface area contributed by atoms with Gasteiger partial charge in [-0.25, -0.2) is 0 Å². The average molecular weight is 344 g/mol. The Kier molecular flexibility index (Phi) is 4.54. The van der Waals surface area contributed by atoms with Gasteiger partial charge < -0.3 is 15.1 Å². The number of piperidine rings is 1. The van der Waals surface area contributed by atoms with Gasteiger partial charge in [0.25, 0.3) is 5.91 Å². The van der Waals surface area contributed by atoms with Crippen molar-refractivity contribution in [2.24, 2.45) is 0 Å². The molecule has 4 amide bonds. The predicted molar refractivity (Wildman–Crippen MR) is 89.7 cm³/mol. The number of anilines is 1. The minimum Gasteiger partial charge on any atom is -0.325 e. The van der Waals surface area contributed by atoms with Gasteiger partial charge in [0.05, 0.1) is 6.54 Å². The quantitative estimate of drug-likeness (QED) is 0.746. The first-order valence-electron chi connectivity index (χ1n) is 8.07. The molecular weight excluding hydrogens is 324 g/mol. The van der Waals surface area contributed by atoms with Crippen molar-refractivity contribution >= 4 is 29.3 Å². The Labute approximate surface area is 145 Å². The second-order valence-electron chi connectivity index (χ2n) is 6.56. The van der Waals surface area contributed by atoms with Crippen LogP contribution in [-0.2, 0) is 20.9 Å². The molecule has 8 heteroatoms. The molecule has 0 bridgehead atoms. The van der Waals surface area contributed by atoms with Gasteiger partial charge in [-0.05, 0) is 38.2 Å². The molecule has 3 rings (SSSR count). The maximum atomic E-state index is 12.7. The number of carbonyl (C=O) groups is 4. The van der Waals surface area contributed by atoms with Crippen LogP contribution >= 0.6 is 0 Å². The molecular formula is C17H20N4O4. The molecule has 2 aliphatic rings. The normalized spacial score (nSPS) is 19.9. The third-order valence-corrected chi connectivity index (χ3v) is 4.27. The molecule has 25 heavy (non-hydrogen) atoms. The van der Waals surface area contributed by atoms with Crippen LogP contribution in [0.15, 0.2) is 18.2 Å². The minimum atomic E-state index is -0.635. The largest absolute Gasteiger partial charge is 0.325 e. The van der Waals surface area contributed by atoms with Crippen LogP contribution in [0.5, 0.6) is 0 Å². The number of hydrogen-bond acceptors (Lipinski definition) is 5. The fraction of sp³-hybridized carbons (Fsp3) is 0.412. The van der Waals surface area contributed by atoms with Crippen LogP contribution in [0.3, 0.4) is 0 Å². The Morgan fingerprint density at radius 3 is 2.76 bits per heavy atom. The summed E-state index contributed by atoms with van der Waals surface area (Å²) in [6, 6.07) is 4.53. The van der Waals surface area contributed by atoms with Gasteiger partial charge in [-0.3, -0.25) is 24.5 Å². The van der Waals surface area contributed by atoms with Gasteiger partial charge in [0.1, 0.15) is 6.04 Å². The van der Waals surface area contributed by atoms with Gasteiger partial charge in [-0.2, -0.15) is 0 Å². The molecule has 1 saturated heterocycles. The van der Waals surface area contributed by atoms with Gasteiger partial charge >= 0.3 is 0 Å². The lowest BCUT2D eigenvalue weighted by molar-refractivity contribution is -0.137. The number of nitrogens with zero attached hydrogens (tertiary/aromatic N) is 2. The number of benzene rings is 1. The van der Waals surface area contributed by atoms with Crippen molar-refractivity contribution in [3.05, 3.63) is 29.3 Å². The highest BCUT2D eigenvalue weighted by Gasteiger charge is 2.39. The van der Waals surface area contributed by atoms with Crippen LogP contribution in [0.1, 0.15) is 28.8 Å². The van der Waals surface area contributed by atoms with E-state index in [1.54, 1.807) is 37.2 Å². The highest BCUT2D eigenvalue weighted by atomic mass is 16.2. The van der Waals surface area contributed by atoms with Crippen LogP contribution < -0.4 is 10.6 Å². The van der Waals surface area contributed by atoms with Crippen molar-refractivity contribution in [1.82, 2.24) is 15.1 Å². The molecule has 2 aliphatic heterocycles. The first-order valence-corrected chi connectivity index (χ1v) is 8.07. The van der Waals surface area contributed by atoms with E-state index in [9.17, 15) is 19.2 Å². The molecule has 132 valence electrons. The Morgan fingerprint density at radius 2 is 2.08 bits per heavy atom. The highest BCUT2D eigenvalue weighted by Crippen LogP contribution is 2.29. The minimum absolute atomic E-state index is 0.169. The van der Waals surface area contributed by atoms with Gasteiger partial charge in [0, 0.05) is 24.2 Å². The standard InChI is InChI=1S/C17H20N4O4/c1-20(2)9-15(23)18-11-4-3-10-8-21(17(25)12(10)7-11)13-5-6-14(22)19-16(13)24/h3-4,7,13H,5-6,8-9H2,1-2H3,(H,18,23)(H,19,22,24). The van der Waals surface area contributed by atoms with Crippen molar-refractivity contribution in [3.8, 4) is 0 Å². The van der Waals surface area contributed by atoms with Crippen LogP contribution in [0, 0.1) is 0 Å². The lowest BCUT2D eigenvalue weighted by atomic mass is 10.0. The fourth-order valence-electron chi connectivity index (χ4n) is 3.12. The van der Waals surface area contributed by atoms with E-state index in [1.807, 2.05) is 0 Å². The van der Waals surface area contributed by atoms with Crippen LogP contribution in [0.4, 0.5) is 5.69 Å². The summed E-state index contributed by atoms with van der Waals surface area (Å²) >= 11 is 0. The molecule has 1 aromatic carbocycles. The third-order valence-electron chi connectivity index (χ3n) is 4.27. The van der Waals surface area contributed by atoms with E-state index in [4.69, 9.17) is 0 Å². The maximum absolute atomic E-state index is 12.7. The summed E-state index contributed by atoms with van der Waals surface area (Å²) in [5.74, 6) is -1.17. The predicted octanol–water partition coefficient (Wildman–Crippen LogP) is -0.0523. The number of nitrogens with one attached hydrogen (secondary N) is 2. The molecule has 1 fully saturated rings. The van der Waals surface area contributed by atoms with Gasteiger partial charge in [0.15, 0.2) is 0 Å². The summed E-state index contributed by atoms with van der Waals surface area (Å²) in [5, 5.41) is 5.03. The van der Waals surface area contributed by atoms with E-state index in [1.165, 1.54) is 4.90 Å². The summed E-state index contributed by atoms with van der Waals surface area (Å²) in [6.45, 7) is 0.569. The maximum Gasteiger partial charge on any atom is 0.255 e. The summed E-state index contributed by atoms with van der Waals surface area (Å²) in [4.78, 5) is 51.1. The second kappa shape index (κ2) is 6.64. The number of fused-ring (bicyclic) bond motifs is 1. The summed E-state index contributed by atoms with van der Waals surface area (Å²) in [6.07, 6.45) is 0.555. The van der Waals surface area contributed by atoms with E-state index in [-0.39, 0.29) is 30.7 Å². The summed E-state index contributed by atoms with van der Waals surface area (Å²) in [7, 11) is 3.59. The molecule has 2 heterocycles. The fourth-order valence-corrected chi connectivity index (χ4v) is 3.12. The van der Waals surface area contributed by atoms with Crippen LogP contribution in [0.25, 0.3) is 0 Å². The zero-order valence-electron chi connectivity index (χ0n) is 14.2. The monoisotopic (exact) mass is 344 g/mol. The average Bonchev–Trinajstić information content (AvgIpc) is 2.83. The van der Waals surface area contributed by atoms with Gasteiger partial charge in [-0.1, -0.05) is 6.07 Å². The first kappa shape index (κ1) is 17.1. The SMILES string of the molecule is CN(C)CC(=O)Nc1ccc2c(c1)C(=O)N(C1CCC(=O)NC1=O)C2. The number of imide groups is 1. The molecule has 0 saturated carbocycles. The molecule has 0 aromatic heterocycles. The first-order chi connectivity index (χ1) is 11.8. The van der Waals surface area contributed by atoms with Gasteiger partial charge in [-0.15, -0.1) is 0 Å². The lowest BCUT2D eigenvalue weighted by Crippen LogP contribution is -2.52. The van der Waals surface area contributed by atoms with E-state index in [2.05, 4.69) is 10.6 Å². The third kappa shape index (κ3) is 3.53. The Hall–Kier alpha value is -2.74. The van der Waals surface area contributed by atoms with E-state index >= 15 is 0 Å².